The first-order chi connectivity index (χ1) is 9.85. The number of nitrogens with two attached hydrogens (primary N) is 1. The molecule has 0 radical (unpaired) electrons. The minimum absolute atomic E-state index is 0.167. The number of hydrogen-bond donors (Lipinski definition) is 1. The lowest BCUT2D eigenvalue weighted by molar-refractivity contribution is 0.276. The molecule has 2 heterocycles. The molecule has 2 aromatic heterocycles. The van der Waals surface area contributed by atoms with Crippen LogP contribution in [0.3, 0.4) is 0 Å². The van der Waals surface area contributed by atoms with Crippen molar-refractivity contribution in [3.63, 3.8) is 0 Å². The summed E-state index contributed by atoms with van der Waals surface area (Å²) in [4.78, 5) is 4.41. The maximum Gasteiger partial charge on any atom is 0.0490 e. The lowest BCUT2D eigenvalue weighted by atomic mass is 9.74. The van der Waals surface area contributed by atoms with Crippen LogP contribution in [0.25, 0.3) is 0 Å². The van der Waals surface area contributed by atoms with E-state index in [0.717, 1.165) is 25.1 Å². The molecule has 0 spiro atoms. The predicted molar refractivity (Wildman–Crippen MR) is 86.3 cm³/mol. The van der Waals surface area contributed by atoms with E-state index in [1.807, 2.05) is 13.1 Å². The zero-order valence-electron chi connectivity index (χ0n) is 13.5. The van der Waals surface area contributed by atoms with Crippen molar-refractivity contribution >= 4 is 0 Å². The molecule has 112 valence electrons. The van der Waals surface area contributed by atoms with E-state index in [4.69, 9.17) is 5.73 Å². The summed E-state index contributed by atoms with van der Waals surface area (Å²) < 4.78 is 2.42. The molecule has 1 atom stereocenters. The Kier molecular flexibility index (Phi) is 3.40. The van der Waals surface area contributed by atoms with Gasteiger partial charge in [-0.1, -0.05) is 19.9 Å². The summed E-state index contributed by atoms with van der Waals surface area (Å²) in [7, 11) is 0. The van der Waals surface area contributed by atoms with Gasteiger partial charge < -0.3 is 10.3 Å². The van der Waals surface area contributed by atoms with Crippen LogP contribution in [0.1, 0.15) is 54.5 Å². The van der Waals surface area contributed by atoms with Gasteiger partial charge in [-0.15, -0.1) is 0 Å². The second kappa shape index (κ2) is 4.99. The Labute approximate surface area is 127 Å². The van der Waals surface area contributed by atoms with Gasteiger partial charge in [0.2, 0.25) is 0 Å². The number of pyridine rings is 1. The van der Waals surface area contributed by atoms with Gasteiger partial charge in [0.05, 0.1) is 0 Å². The van der Waals surface area contributed by atoms with Crippen molar-refractivity contribution in [1.82, 2.24) is 9.55 Å². The first-order valence-corrected chi connectivity index (χ1v) is 7.72. The van der Waals surface area contributed by atoms with Gasteiger partial charge in [0.15, 0.2) is 0 Å². The van der Waals surface area contributed by atoms with Crippen molar-refractivity contribution < 1.29 is 0 Å². The number of hydrogen-bond acceptors (Lipinski definition) is 2. The van der Waals surface area contributed by atoms with Gasteiger partial charge in [-0.2, -0.15) is 0 Å². The van der Waals surface area contributed by atoms with Crippen molar-refractivity contribution in [3.8, 4) is 0 Å². The largest absolute Gasteiger partial charge is 0.344 e. The molecule has 0 fully saturated rings. The third-order valence-electron chi connectivity index (χ3n) is 4.58. The third-order valence-corrected chi connectivity index (χ3v) is 4.58. The molecule has 0 saturated carbocycles. The van der Waals surface area contributed by atoms with E-state index in [1.165, 1.54) is 22.5 Å². The van der Waals surface area contributed by atoms with Crippen molar-refractivity contribution in [2.45, 2.75) is 53.1 Å². The molecule has 0 aromatic carbocycles. The molecule has 0 aliphatic heterocycles. The van der Waals surface area contributed by atoms with Crippen LogP contribution in [0.15, 0.2) is 24.4 Å². The molecule has 0 bridgehead atoms. The average Bonchev–Trinajstić information content (AvgIpc) is 2.69. The molecular formula is C18H25N3. The molecule has 1 unspecified atom stereocenters. The topological polar surface area (TPSA) is 43.8 Å². The maximum atomic E-state index is 6.39. The summed E-state index contributed by atoms with van der Waals surface area (Å²) in [6.45, 7) is 9.72. The summed E-state index contributed by atoms with van der Waals surface area (Å²) in [5, 5.41) is 0. The zero-order valence-corrected chi connectivity index (χ0v) is 13.5. The summed E-state index contributed by atoms with van der Waals surface area (Å²) in [6.07, 6.45) is 4.15. The SMILES string of the molecule is Cc1ccc(Cn2c(C)cc3c2CC(C)(C)CC3N)cn1. The van der Waals surface area contributed by atoms with Gasteiger partial charge in [-0.25, -0.2) is 0 Å². The van der Waals surface area contributed by atoms with Crippen LogP contribution in [-0.4, -0.2) is 9.55 Å². The third kappa shape index (κ3) is 2.75. The van der Waals surface area contributed by atoms with E-state index >= 15 is 0 Å². The summed E-state index contributed by atoms with van der Waals surface area (Å²) in [5.41, 5.74) is 13.0. The molecule has 0 amide bonds. The number of aryl methyl sites for hydroxylation is 2. The van der Waals surface area contributed by atoms with Gasteiger partial charge >= 0.3 is 0 Å². The highest BCUT2D eigenvalue weighted by molar-refractivity contribution is 5.35. The second-order valence-corrected chi connectivity index (χ2v) is 7.23. The first-order valence-electron chi connectivity index (χ1n) is 7.72. The molecule has 1 aliphatic rings. The predicted octanol–water partition coefficient (Wildman–Crippen LogP) is 3.52. The highest BCUT2D eigenvalue weighted by Crippen LogP contribution is 2.41. The zero-order chi connectivity index (χ0) is 15.2. The molecule has 1 aliphatic carbocycles. The Morgan fingerprint density at radius 1 is 1.33 bits per heavy atom. The van der Waals surface area contributed by atoms with Crippen molar-refractivity contribution in [2.75, 3.05) is 0 Å². The second-order valence-electron chi connectivity index (χ2n) is 7.23. The van der Waals surface area contributed by atoms with Crippen molar-refractivity contribution in [2.24, 2.45) is 11.1 Å². The van der Waals surface area contributed by atoms with Gasteiger partial charge in [-0.3, -0.25) is 4.98 Å². The highest BCUT2D eigenvalue weighted by atomic mass is 15.0. The van der Waals surface area contributed by atoms with E-state index in [1.54, 1.807) is 0 Å². The molecular weight excluding hydrogens is 258 g/mol. The Morgan fingerprint density at radius 2 is 2.10 bits per heavy atom. The van der Waals surface area contributed by atoms with E-state index < -0.39 is 0 Å². The average molecular weight is 283 g/mol. The van der Waals surface area contributed by atoms with E-state index in [9.17, 15) is 0 Å². The number of aromatic nitrogens is 2. The van der Waals surface area contributed by atoms with Crippen LogP contribution in [0, 0.1) is 19.3 Å². The molecule has 2 aromatic rings. The fourth-order valence-corrected chi connectivity index (χ4v) is 3.50. The standard InChI is InChI=1S/C18H25N3/c1-12-5-6-14(10-20-12)11-21-13(2)7-15-16(19)8-18(3,4)9-17(15)21/h5-7,10,16H,8-9,11,19H2,1-4H3. The van der Waals surface area contributed by atoms with Gasteiger partial charge in [-0.05, 0) is 55.4 Å². The van der Waals surface area contributed by atoms with Crippen LogP contribution in [-0.2, 0) is 13.0 Å². The lowest BCUT2D eigenvalue weighted by Crippen LogP contribution is -2.30. The van der Waals surface area contributed by atoms with Gasteiger partial charge in [0, 0.05) is 35.9 Å². The molecule has 0 saturated heterocycles. The smallest absolute Gasteiger partial charge is 0.0490 e. The Morgan fingerprint density at radius 3 is 2.76 bits per heavy atom. The summed E-state index contributed by atoms with van der Waals surface area (Å²) in [6, 6.07) is 6.69. The summed E-state index contributed by atoms with van der Waals surface area (Å²) in [5.74, 6) is 0. The normalized spacial score (nSPS) is 20.3. The minimum atomic E-state index is 0.167. The fourth-order valence-electron chi connectivity index (χ4n) is 3.50. The van der Waals surface area contributed by atoms with Crippen molar-refractivity contribution in [3.05, 3.63) is 52.6 Å². The molecule has 3 nitrogen and oxygen atoms in total. The van der Waals surface area contributed by atoms with Crippen LogP contribution < -0.4 is 5.73 Å². The molecule has 3 heteroatoms. The van der Waals surface area contributed by atoms with E-state index in [2.05, 4.69) is 48.5 Å². The molecule has 3 rings (SSSR count). The van der Waals surface area contributed by atoms with Crippen LogP contribution >= 0.6 is 0 Å². The van der Waals surface area contributed by atoms with Crippen LogP contribution in [0.2, 0.25) is 0 Å². The Bertz CT molecular complexity index is 650. The quantitative estimate of drug-likeness (QED) is 0.916. The Balaban J connectivity index is 1.98. The van der Waals surface area contributed by atoms with E-state index in [-0.39, 0.29) is 11.5 Å². The molecule has 2 N–H and O–H groups in total. The maximum absolute atomic E-state index is 6.39. The fraction of sp³-hybridized carbons (Fsp3) is 0.500. The Hall–Kier alpha value is -1.61. The number of rotatable bonds is 2. The van der Waals surface area contributed by atoms with Gasteiger partial charge in [0.25, 0.3) is 0 Å². The number of nitrogens with zero attached hydrogens (tertiary/aromatic N) is 2. The first kappa shape index (κ1) is 14.3. The molecule has 21 heavy (non-hydrogen) atoms. The van der Waals surface area contributed by atoms with Crippen LogP contribution in [0.5, 0.6) is 0 Å². The monoisotopic (exact) mass is 283 g/mol. The van der Waals surface area contributed by atoms with Gasteiger partial charge in [0.1, 0.15) is 0 Å². The minimum Gasteiger partial charge on any atom is -0.344 e. The van der Waals surface area contributed by atoms with Crippen LogP contribution in [0.4, 0.5) is 0 Å². The highest BCUT2D eigenvalue weighted by Gasteiger charge is 2.33. The summed E-state index contributed by atoms with van der Waals surface area (Å²) >= 11 is 0. The number of fused-ring (bicyclic) bond motifs is 1. The lowest BCUT2D eigenvalue weighted by Gasteiger charge is -2.34. The van der Waals surface area contributed by atoms with Crippen molar-refractivity contribution in [1.29, 1.82) is 0 Å². The van der Waals surface area contributed by atoms with E-state index in [0.29, 0.717) is 0 Å².